The van der Waals surface area contributed by atoms with Gasteiger partial charge in [-0.2, -0.15) is 15.0 Å². The molecule has 0 aromatic carbocycles. The Bertz CT molecular complexity index is 567. The maximum Gasteiger partial charge on any atom is 0.243 e. The fraction of sp³-hybridized carbons (Fsp3) is 0.500. The number of nitrogen functional groups attached to an aromatic ring is 1. The molecule has 0 atom stereocenters. The van der Waals surface area contributed by atoms with Gasteiger partial charge in [0.15, 0.2) is 0 Å². The van der Waals surface area contributed by atoms with Gasteiger partial charge in [0.25, 0.3) is 0 Å². The number of ether oxygens (including phenoxy) is 1. The number of hydrogen-bond acceptors (Lipinski definition) is 8. The monoisotopic (exact) mass is 290 g/mol. The zero-order valence-corrected chi connectivity index (χ0v) is 11.6. The van der Waals surface area contributed by atoms with E-state index >= 15 is 0 Å². The maximum absolute atomic E-state index is 5.41. The van der Waals surface area contributed by atoms with Crippen LogP contribution in [-0.2, 0) is 4.74 Å². The quantitative estimate of drug-likeness (QED) is 0.527. The lowest BCUT2D eigenvalue weighted by atomic mass is 10.0. The van der Waals surface area contributed by atoms with Crippen molar-refractivity contribution in [1.82, 2.24) is 24.5 Å². The van der Waals surface area contributed by atoms with Crippen LogP contribution in [0.3, 0.4) is 0 Å². The van der Waals surface area contributed by atoms with Crippen molar-refractivity contribution in [3.63, 3.8) is 0 Å². The summed E-state index contributed by atoms with van der Waals surface area (Å²) >= 11 is 0. The molecule has 0 amide bonds. The van der Waals surface area contributed by atoms with Crippen LogP contribution in [0.25, 0.3) is 5.95 Å². The molecule has 9 nitrogen and oxygen atoms in total. The van der Waals surface area contributed by atoms with Crippen molar-refractivity contribution < 1.29 is 4.74 Å². The first kappa shape index (κ1) is 13.7. The Morgan fingerprint density at radius 2 is 2.05 bits per heavy atom. The van der Waals surface area contributed by atoms with Gasteiger partial charge in [-0.1, -0.05) is 0 Å². The number of anilines is 2. The van der Waals surface area contributed by atoms with Crippen LogP contribution in [0.15, 0.2) is 18.7 Å². The van der Waals surface area contributed by atoms with Crippen molar-refractivity contribution >= 4 is 11.9 Å². The molecule has 1 aliphatic heterocycles. The van der Waals surface area contributed by atoms with Crippen LogP contribution in [0.2, 0.25) is 0 Å². The van der Waals surface area contributed by atoms with Crippen molar-refractivity contribution in [2.45, 2.75) is 12.8 Å². The summed E-state index contributed by atoms with van der Waals surface area (Å²) in [5.41, 5.74) is 2.45. The van der Waals surface area contributed by atoms with E-state index in [4.69, 9.17) is 10.6 Å². The first-order valence-corrected chi connectivity index (χ1v) is 6.88. The lowest BCUT2D eigenvalue weighted by Crippen LogP contribution is -2.24. The number of nitrogens with two attached hydrogens (primary N) is 1. The molecule has 3 rings (SSSR count). The molecule has 4 N–H and O–H groups in total. The van der Waals surface area contributed by atoms with Gasteiger partial charge in [-0.05, 0) is 18.8 Å². The number of nitrogens with one attached hydrogen (secondary N) is 2. The summed E-state index contributed by atoms with van der Waals surface area (Å²) in [6.07, 6.45) is 7.15. The Hall–Kier alpha value is -2.26. The molecule has 9 heteroatoms. The molecule has 1 saturated heterocycles. The number of aromatic nitrogens is 5. The lowest BCUT2D eigenvalue weighted by molar-refractivity contribution is 0.0699. The van der Waals surface area contributed by atoms with Crippen LogP contribution >= 0.6 is 0 Å². The van der Waals surface area contributed by atoms with Gasteiger partial charge < -0.3 is 10.1 Å². The van der Waals surface area contributed by atoms with E-state index in [2.05, 4.69) is 30.7 Å². The van der Waals surface area contributed by atoms with Gasteiger partial charge >= 0.3 is 0 Å². The minimum Gasteiger partial charge on any atom is -0.381 e. The summed E-state index contributed by atoms with van der Waals surface area (Å²) in [7, 11) is 0. The van der Waals surface area contributed by atoms with Gasteiger partial charge in [-0.25, -0.2) is 10.8 Å². The first-order chi connectivity index (χ1) is 10.3. The van der Waals surface area contributed by atoms with E-state index in [1.54, 1.807) is 23.3 Å². The SMILES string of the molecule is NNc1nc(NCC2CCOCC2)nc(-n2ccnc2)n1. The molecule has 2 aromatic rings. The smallest absolute Gasteiger partial charge is 0.243 e. The average Bonchev–Trinajstić information content (AvgIpc) is 3.08. The third-order valence-electron chi connectivity index (χ3n) is 3.38. The highest BCUT2D eigenvalue weighted by Gasteiger charge is 2.14. The van der Waals surface area contributed by atoms with Crippen LogP contribution in [-0.4, -0.2) is 44.3 Å². The van der Waals surface area contributed by atoms with Gasteiger partial charge in [0, 0.05) is 32.2 Å². The summed E-state index contributed by atoms with van der Waals surface area (Å²) in [5, 5.41) is 3.24. The number of hydrazine groups is 1. The van der Waals surface area contributed by atoms with E-state index < -0.39 is 0 Å². The van der Waals surface area contributed by atoms with Crippen molar-refractivity contribution in [2.75, 3.05) is 30.5 Å². The Balaban J connectivity index is 1.73. The molecule has 1 fully saturated rings. The predicted octanol–water partition coefficient (Wildman–Crippen LogP) is 0.181. The summed E-state index contributed by atoms with van der Waals surface area (Å²) in [6, 6.07) is 0. The molecule has 112 valence electrons. The van der Waals surface area contributed by atoms with Gasteiger partial charge in [0.2, 0.25) is 17.8 Å². The normalized spacial score (nSPS) is 15.9. The number of rotatable bonds is 5. The summed E-state index contributed by atoms with van der Waals surface area (Å²) in [5.74, 6) is 7.24. The van der Waals surface area contributed by atoms with E-state index in [9.17, 15) is 0 Å². The fourth-order valence-corrected chi connectivity index (χ4v) is 2.19. The van der Waals surface area contributed by atoms with E-state index in [0.29, 0.717) is 23.8 Å². The maximum atomic E-state index is 5.41. The molecule has 2 aromatic heterocycles. The Labute approximate surface area is 121 Å². The van der Waals surface area contributed by atoms with Crippen molar-refractivity contribution in [1.29, 1.82) is 0 Å². The second-order valence-electron chi connectivity index (χ2n) is 4.83. The highest BCUT2D eigenvalue weighted by atomic mass is 16.5. The van der Waals surface area contributed by atoms with Crippen molar-refractivity contribution in [3.8, 4) is 5.95 Å². The zero-order chi connectivity index (χ0) is 14.5. The Morgan fingerprint density at radius 3 is 2.76 bits per heavy atom. The first-order valence-electron chi connectivity index (χ1n) is 6.88. The average molecular weight is 290 g/mol. The minimum absolute atomic E-state index is 0.308. The van der Waals surface area contributed by atoms with Crippen LogP contribution in [0, 0.1) is 5.92 Å². The molecular formula is C12H18N8O. The van der Waals surface area contributed by atoms with E-state index in [-0.39, 0.29) is 0 Å². The van der Waals surface area contributed by atoms with E-state index in [1.807, 2.05) is 0 Å². The van der Waals surface area contributed by atoms with Crippen LogP contribution in [0.5, 0.6) is 0 Å². The molecule has 0 saturated carbocycles. The molecule has 21 heavy (non-hydrogen) atoms. The summed E-state index contributed by atoms with van der Waals surface area (Å²) < 4.78 is 7.05. The Morgan fingerprint density at radius 1 is 1.24 bits per heavy atom. The number of imidazole rings is 1. The van der Waals surface area contributed by atoms with Gasteiger partial charge in [0.1, 0.15) is 6.33 Å². The second kappa shape index (κ2) is 6.46. The molecule has 0 radical (unpaired) electrons. The largest absolute Gasteiger partial charge is 0.381 e. The van der Waals surface area contributed by atoms with Gasteiger partial charge in [-0.3, -0.25) is 9.99 Å². The number of hydrogen-bond donors (Lipinski definition) is 3. The molecule has 3 heterocycles. The molecule has 0 aliphatic carbocycles. The number of nitrogens with zero attached hydrogens (tertiary/aromatic N) is 5. The zero-order valence-electron chi connectivity index (χ0n) is 11.6. The molecule has 0 bridgehead atoms. The van der Waals surface area contributed by atoms with Gasteiger partial charge in [0.05, 0.1) is 0 Å². The van der Waals surface area contributed by atoms with Gasteiger partial charge in [-0.15, -0.1) is 0 Å². The summed E-state index contributed by atoms with van der Waals surface area (Å²) in [6.45, 7) is 2.44. The predicted molar refractivity (Wildman–Crippen MR) is 76.8 cm³/mol. The standard InChI is InChI=1S/C12H18N8O/c13-19-11-16-10(15-7-9-1-5-21-6-2-9)17-12(18-11)20-4-3-14-8-20/h3-4,8-9H,1-2,5-7,13H2,(H2,15,16,17,18,19). The van der Waals surface area contributed by atoms with Crippen molar-refractivity contribution in [2.24, 2.45) is 11.8 Å². The second-order valence-corrected chi connectivity index (χ2v) is 4.83. The van der Waals surface area contributed by atoms with Crippen LogP contribution in [0.1, 0.15) is 12.8 Å². The van der Waals surface area contributed by atoms with Crippen LogP contribution in [0.4, 0.5) is 11.9 Å². The van der Waals surface area contributed by atoms with Crippen LogP contribution < -0.4 is 16.6 Å². The Kier molecular flexibility index (Phi) is 4.22. The summed E-state index contributed by atoms with van der Waals surface area (Å²) in [4.78, 5) is 16.8. The highest BCUT2D eigenvalue weighted by molar-refractivity contribution is 5.37. The molecular weight excluding hydrogens is 272 g/mol. The van der Waals surface area contributed by atoms with E-state index in [1.165, 1.54) is 0 Å². The fourth-order valence-electron chi connectivity index (χ4n) is 2.19. The third kappa shape index (κ3) is 3.44. The van der Waals surface area contributed by atoms with Crippen molar-refractivity contribution in [3.05, 3.63) is 18.7 Å². The topological polar surface area (TPSA) is 116 Å². The molecule has 0 spiro atoms. The minimum atomic E-state index is 0.308. The highest BCUT2D eigenvalue weighted by Crippen LogP contribution is 2.15. The van der Waals surface area contributed by atoms with E-state index in [0.717, 1.165) is 32.6 Å². The lowest BCUT2D eigenvalue weighted by Gasteiger charge is -2.22. The molecule has 1 aliphatic rings. The molecule has 0 unspecified atom stereocenters. The third-order valence-corrected chi connectivity index (χ3v) is 3.38.